The predicted octanol–water partition coefficient (Wildman–Crippen LogP) is 3.30. The summed E-state index contributed by atoms with van der Waals surface area (Å²) in [4.78, 5) is 26.5. The van der Waals surface area contributed by atoms with Gasteiger partial charge in [0.05, 0.1) is 0 Å². The topological polar surface area (TPSA) is 99.9 Å². The van der Waals surface area contributed by atoms with Crippen LogP contribution < -0.4 is 5.32 Å². The number of pyridine rings is 1. The molecule has 3 aromatic rings. The van der Waals surface area contributed by atoms with Gasteiger partial charge < -0.3 is 19.7 Å². The van der Waals surface area contributed by atoms with Crippen LogP contribution in [0.2, 0.25) is 0 Å². The summed E-state index contributed by atoms with van der Waals surface area (Å²) in [6.07, 6.45) is 5.30. The van der Waals surface area contributed by atoms with Crippen molar-refractivity contribution in [1.82, 2.24) is 30.3 Å². The van der Waals surface area contributed by atoms with Crippen LogP contribution in [0.4, 0.5) is 4.79 Å². The van der Waals surface area contributed by atoms with Crippen molar-refractivity contribution in [2.45, 2.75) is 46.2 Å². The SMILES string of the molecule is CCC(C)NC(=O)N1CCc2c(cnc(C)c2-c2noc(-c3ccc[nH]3)n2)C1. The van der Waals surface area contributed by atoms with Crippen molar-refractivity contribution in [1.29, 1.82) is 0 Å². The van der Waals surface area contributed by atoms with Crippen LogP contribution >= 0.6 is 0 Å². The van der Waals surface area contributed by atoms with Gasteiger partial charge in [-0.2, -0.15) is 4.98 Å². The summed E-state index contributed by atoms with van der Waals surface area (Å²) in [5.74, 6) is 0.978. The number of carbonyl (C=O) groups is 1. The zero-order valence-corrected chi connectivity index (χ0v) is 16.3. The molecule has 3 aromatic heterocycles. The molecule has 1 unspecified atom stereocenters. The fraction of sp³-hybridized carbons (Fsp3) is 0.400. The number of urea groups is 1. The number of hydrogen-bond donors (Lipinski definition) is 2. The Bertz CT molecular complexity index is 979. The smallest absolute Gasteiger partial charge is 0.317 e. The number of H-pyrrole nitrogens is 1. The maximum atomic E-state index is 12.5. The Kier molecular flexibility index (Phi) is 4.85. The molecule has 1 aliphatic rings. The summed E-state index contributed by atoms with van der Waals surface area (Å²) in [5.41, 5.74) is 4.70. The lowest BCUT2D eigenvalue weighted by Gasteiger charge is -2.31. The zero-order chi connectivity index (χ0) is 19.7. The lowest BCUT2D eigenvalue weighted by molar-refractivity contribution is 0.188. The van der Waals surface area contributed by atoms with Gasteiger partial charge in [0.2, 0.25) is 5.82 Å². The van der Waals surface area contributed by atoms with Crippen LogP contribution in [0.1, 0.15) is 37.1 Å². The van der Waals surface area contributed by atoms with Gasteiger partial charge >= 0.3 is 6.03 Å². The molecule has 8 heteroatoms. The highest BCUT2D eigenvalue weighted by Gasteiger charge is 2.27. The maximum Gasteiger partial charge on any atom is 0.317 e. The van der Waals surface area contributed by atoms with Crippen molar-refractivity contribution < 1.29 is 9.32 Å². The minimum absolute atomic E-state index is 0.0317. The van der Waals surface area contributed by atoms with Crippen LogP contribution in [-0.4, -0.2) is 43.6 Å². The van der Waals surface area contributed by atoms with Crippen LogP contribution in [0.3, 0.4) is 0 Å². The standard InChI is InChI=1S/C20H24N6O2/c1-4-12(2)23-20(27)26-9-7-15-14(11-26)10-22-13(3)17(15)18-24-19(28-25-18)16-6-5-8-21-16/h5-6,8,10,12,21H,4,7,9,11H2,1-3H3,(H,23,27). The first kappa shape index (κ1) is 18.2. The number of nitrogens with zero attached hydrogens (tertiary/aromatic N) is 4. The van der Waals surface area contributed by atoms with Crippen molar-refractivity contribution in [3.05, 3.63) is 41.3 Å². The van der Waals surface area contributed by atoms with Crippen molar-refractivity contribution in [2.75, 3.05) is 6.54 Å². The van der Waals surface area contributed by atoms with Crippen LogP contribution in [-0.2, 0) is 13.0 Å². The van der Waals surface area contributed by atoms with Crippen LogP contribution in [0.15, 0.2) is 29.0 Å². The fourth-order valence-electron chi connectivity index (χ4n) is 3.42. The molecule has 4 rings (SSSR count). The molecular formula is C20H24N6O2. The highest BCUT2D eigenvalue weighted by Crippen LogP contribution is 2.31. The number of fused-ring (bicyclic) bond motifs is 1. The molecule has 0 radical (unpaired) electrons. The second kappa shape index (κ2) is 7.46. The predicted molar refractivity (Wildman–Crippen MR) is 104 cm³/mol. The van der Waals surface area contributed by atoms with Gasteiger partial charge in [-0.1, -0.05) is 12.1 Å². The summed E-state index contributed by atoms with van der Waals surface area (Å²) < 4.78 is 5.43. The monoisotopic (exact) mass is 380 g/mol. The molecule has 1 aliphatic heterocycles. The van der Waals surface area contributed by atoms with E-state index in [9.17, 15) is 4.79 Å². The van der Waals surface area contributed by atoms with E-state index in [4.69, 9.17) is 4.52 Å². The summed E-state index contributed by atoms with van der Waals surface area (Å²) in [6.45, 7) is 7.19. The zero-order valence-electron chi connectivity index (χ0n) is 16.3. The summed E-state index contributed by atoms with van der Waals surface area (Å²) in [5, 5.41) is 7.21. The van der Waals surface area contributed by atoms with E-state index in [2.05, 4.69) is 32.3 Å². The van der Waals surface area contributed by atoms with Crippen molar-refractivity contribution in [2.24, 2.45) is 0 Å². The van der Waals surface area contributed by atoms with Crippen molar-refractivity contribution in [3.63, 3.8) is 0 Å². The molecule has 0 saturated heterocycles. The van der Waals surface area contributed by atoms with Gasteiger partial charge in [-0.05, 0) is 49.9 Å². The summed E-state index contributed by atoms with van der Waals surface area (Å²) in [7, 11) is 0. The third-order valence-electron chi connectivity index (χ3n) is 5.21. The van der Waals surface area contributed by atoms with Crippen molar-refractivity contribution in [3.8, 4) is 23.0 Å². The van der Waals surface area contributed by atoms with E-state index < -0.39 is 0 Å². The van der Waals surface area contributed by atoms with Crippen LogP contribution in [0.5, 0.6) is 0 Å². The fourth-order valence-corrected chi connectivity index (χ4v) is 3.42. The van der Waals surface area contributed by atoms with E-state index in [1.807, 2.05) is 43.3 Å². The third-order valence-corrected chi connectivity index (χ3v) is 5.21. The molecule has 0 aromatic carbocycles. The summed E-state index contributed by atoms with van der Waals surface area (Å²) >= 11 is 0. The van der Waals surface area contributed by atoms with Gasteiger partial charge in [0.15, 0.2) is 0 Å². The summed E-state index contributed by atoms with van der Waals surface area (Å²) in [6, 6.07) is 3.90. The number of rotatable bonds is 4. The molecule has 0 spiro atoms. The molecule has 4 heterocycles. The molecule has 28 heavy (non-hydrogen) atoms. The maximum absolute atomic E-state index is 12.5. The first-order chi connectivity index (χ1) is 13.6. The minimum Gasteiger partial charge on any atom is -0.357 e. The molecule has 0 fully saturated rings. The van der Waals surface area contributed by atoms with Crippen molar-refractivity contribution >= 4 is 6.03 Å². The lowest BCUT2D eigenvalue weighted by Crippen LogP contribution is -2.45. The van der Waals surface area contributed by atoms with Gasteiger partial charge in [0, 0.05) is 42.8 Å². The number of hydrogen-bond acceptors (Lipinski definition) is 5. The number of amides is 2. The Labute approximate surface area is 163 Å². The highest BCUT2D eigenvalue weighted by molar-refractivity contribution is 5.75. The number of carbonyl (C=O) groups excluding carboxylic acids is 1. The molecule has 146 valence electrons. The number of nitrogens with one attached hydrogen (secondary N) is 2. The van der Waals surface area contributed by atoms with Gasteiger partial charge in [-0.15, -0.1) is 0 Å². The number of aromatic amines is 1. The minimum atomic E-state index is -0.0317. The first-order valence-corrected chi connectivity index (χ1v) is 9.57. The number of aryl methyl sites for hydroxylation is 1. The van der Waals surface area contributed by atoms with E-state index >= 15 is 0 Å². The highest BCUT2D eigenvalue weighted by atomic mass is 16.5. The van der Waals surface area contributed by atoms with Gasteiger partial charge in [0.1, 0.15) is 5.69 Å². The first-order valence-electron chi connectivity index (χ1n) is 9.57. The molecule has 8 nitrogen and oxygen atoms in total. The van der Waals surface area contributed by atoms with Gasteiger partial charge in [0.25, 0.3) is 5.89 Å². The van der Waals surface area contributed by atoms with E-state index in [0.29, 0.717) is 24.8 Å². The van der Waals surface area contributed by atoms with E-state index in [0.717, 1.165) is 40.9 Å². The molecule has 0 aliphatic carbocycles. The second-order valence-electron chi connectivity index (χ2n) is 7.16. The Morgan fingerprint density at radius 3 is 3.07 bits per heavy atom. The molecular weight excluding hydrogens is 356 g/mol. The van der Waals surface area contributed by atoms with Gasteiger partial charge in [-0.25, -0.2) is 4.79 Å². The molecule has 2 amide bonds. The third kappa shape index (κ3) is 3.37. The lowest BCUT2D eigenvalue weighted by atomic mass is 9.94. The normalized spacial score (nSPS) is 14.6. The van der Waals surface area contributed by atoms with E-state index in [1.54, 1.807) is 0 Å². The number of aromatic nitrogens is 4. The second-order valence-corrected chi connectivity index (χ2v) is 7.16. The quantitative estimate of drug-likeness (QED) is 0.723. The van der Waals surface area contributed by atoms with E-state index in [-0.39, 0.29) is 12.1 Å². The average molecular weight is 380 g/mol. The Hall–Kier alpha value is -3.16. The average Bonchev–Trinajstić information content (AvgIpc) is 3.39. The largest absolute Gasteiger partial charge is 0.357 e. The van der Waals surface area contributed by atoms with E-state index in [1.165, 1.54) is 0 Å². The van der Waals surface area contributed by atoms with Crippen LogP contribution in [0, 0.1) is 6.92 Å². The molecule has 1 atom stereocenters. The Balaban J connectivity index is 1.62. The Morgan fingerprint density at radius 1 is 1.46 bits per heavy atom. The Morgan fingerprint density at radius 2 is 2.32 bits per heavy atom. The molecule has 0 saturated carbocycles. The molecule has 2 N–H and O–H groups in total. The van der Waals surface area contributed by atoms with Gasteiger partial charge in [-0.3, -0.25) is 4.98 Å². The van der Waals surface area contributed by atoms with Crippen LogP contribution in [0.25, 0.3) is 23.0 Å². The molecule has 0 bridgehead atoms.